The van der Waals surface area contributed by atoms with Gasteiger partial charge in [0.05, 0.1) is 0 Å². The molecule has 1 saturated heterocycles. The van der Waals surface area contributed by atoms with Crippen molar-refractivity contribution in [3.05, 3.63) is 0 Å². The molecule has 1 fully saturated rings. The molecule has 2 amide bonds. The second kappa shape index (κ2) is 6.13. The molecule has 0 saturated carbocycles. The van der Waals surface area contributed by atoms with Crippen molar-refractivity contribution in [2.75, 3.05) is 24.6 Å². The van der Waals surface area contributed by atoms with Crippen LogP contribution in [-0.4, -0.2) is 30.6 Å². The Morgan fingerprint density at radius 2 is 2.38 bits per heavy atom. The van der Waals surface area contributed by atoms with Gasteiger partial charge in [0, 0.05) is 13.1 Å². The van der Waals surface area contributed by atoms with Crippen molar-refractivity contribution >= 4 is 17.8 Å². The van der Waals surface area contributed by atoms with Gasteiger partial charge >= 0.3 is 6.03 Å². The molecule has 0 aliphatic carbocycles. The summed E-state index contributed by atoms with van der Waals surface area (Å²) in [6.45, 7) is 3.65. The molecule has 1 unspecified atom stereocenters. The molecule has 0 bridgehead atoms. The minimum absolute atomic E-state index is 0.0150. The van der Waals surface area contributed by atoms with E-state index in [0.29, 0.717) is 5.92 Å². The van der Waals surface area contributed by atoms with Crippen LogP contribution in [0.4, 0.5) is 4.79 Å². The van der Waals surface area contributed by atoms with Gasteiger partial charge in [0.2, 0.25) is 0 Å². The second-order valence-electron chi connectivity index (χ2n) is 3.37. The summed E-state index contributed by atoms with van der Waals surface area (Å²) in [4.78, 5) is 11.1. The van der Waals surface area contributed by atoms with Gasteiger partial charge in [-0.15, -0.1) is 0 Å². The van der Waals surface area contributed by atoms with Crippen molar-refractivity contribution in [3.63, 3.8) is 0 Å². The van der Waals surface area contributed by atoms with Crippen LogP contribution < -0.4 is 10.6 Å². The Hall–Kier alpha value is -0.380. The van der Waals surface area contributed by atoms with E-state index in [2.05, 4.69) is 10.6 Å². The summed E-state index contributed by atoms with van der Waals surface area (Å²) in [5, 5.41) is 5.70. The monoisotopic (exact) mass is 202 g/mol. The fourth-order valence-corrected chi connectivity index (χ4v) is 2.57. The summed E-state index contributed by atoms with van der Waals surface area (Å²) >= 11 is 1.98. The molecule has 2 N–H and O–H groups in total. The number of nitrogens with one attached hydrogen (secondary N) is 2. The number of carbonyl (C=O) groups is 1. The first-order valence-corrected chi connectivity index (χ1v) is 6.08. The van der Waals surface area contributed by atoms with Crippen molar-refractivity contribution in [3.8, 4) is 0 Å². The molecule has 1 rings (SSSR count). The van der Waals surface area contributed by atoms with Crippen molar-refractivity contribution in [2.24, 2.45) is 5.92 Å². The van der Waals surface area contributed by atoms with Crippen molar-refractivity contribution < 1.29 is 4.79 Å². The minimum atomic E-state index is -0.0150. The summed E-state index contributed by atoms with van der Waals surface area (Å²) in [6, 6.07) is -0.0150. The van der Waals surface area contributed by atoms with Crippen LogP contribution >= 0.6 is 11.8 Å². The molecule has 1 atom stereocenters. The Morgan fingerprint density at radius 3 is 3.00 bits per heavy atom. The van der Waals surface area contributed by atoms with Gasteiger partial charge in [-0.3, -0.25) is 0 Å². The van der Waals surface area contributed by atoms with Crippen LogP contribution in [0.15, 0.2) is 0 Å². The van der Waals surface area contributed by atoms with Crippen molar-refractivity contribution in [1.82, 2.24) is 10.6 Å². The van der Waals surface area contributed by atoms with Gasteiger partial charge in [-0.05, 0) is 30.3 Å². The first-order valence-electron chi connectivity index (χ1n) is 4.92. The molecule has 0 aromatic heterocycles. The van der Waals surface area contributed by atoms with E-state index in [1.165, 1.54) is 17.9 Å². The molecule has 0 aromatic rings. The number of rotatable bonds is 4. The largest absolute Gasteiger partial charge is 0.338 e. The lowest BCUT2D eigenvalue weighted by Crippen LogP contribution is -2.38. The first kappa shape index (κ1) is 10.7. The first-order chi connectivity index (χ1) is 6.33. The van der Waals surface area contributed by atoms with Crippen molar-refractivity contribution in [2.45, 2.75) is 19.8 Å². The SMILES string of the molecule is CCCNC(=O)NCC1CCSC1. The standard InChI is InChI=1S/C9H18N2OS/c1-2-4-10-9(12)11-6-8-3-5-13-7-8/h8H,2-7H2,1H3,(H2,10,11,12). The lowest BCUT2D eigenvalue weighted by Gasteiger charge is -2.10. The van der Waals surface area contributed by atoms with Gasteiger partial charge in [-0.1, -0.05) is 6.92 Å². The molecule has 1 heterocycles. The Labute approximate surface area is 84.0 Å². The molecule has 13 heavy (non-hydrogen) atoms. The minimum Gasteiger partial charge on any atom is -0.338 e. The average molecular weight is 202 g/mol. The zero-order valence-corrected chi connectivity index (χ0v) is 8.95. The lowest BCUT2D eigenvalue weighted by molar-refractivity contribution is 0.239. The molecule has 4 heteroatoms. The zero-order chi connectivity index (χ0) is 9.52. The summed E-state index contributed by atoms with van der Waals surface area (Å²) in [5.41, 5.74) is 0. The maximum absolute atomic E-state index is 11.1. The number of thioether (sulfide) groups is 1. The van der Waals surface area contributed by atoms with Gasteiger partial charge in [0.1, 0.15) is 0 Å². The third-order valence-electron chi connectivity index (χ3n) is 2.11. The Kier molecular flexibility index (Phi) is 5.05. The van der Waals surface area contributed by atoms with Gasteiger partial charge in [0.15, 0.2) is 0 Å². The molecule has 3 nitrogen and oxygen atoms in total. The molecular weight excluding hydrogens is 184 g/mol. The smallest absolute Gasteiger partial charge is 0.314 e. The highest BCUT2D eigenvalue weighted by atomic mass is 32.2. The Morgan fingerprint density at radius 1 is 1.54 bits per heavy atom. The summed E-state index contributed by atoms with van der Waals surface area (Å²) < 4.78 is 0. The molecule has 0 radical (unpaired) electrons. The highest BCUT2D eigenvalue weighted by Gasteiger charge is 2.15. The van der Waals surface area contributed by atoms with Crippen LogP contribution in [0, 0.1) is 5.92 Å². The molecule has 0 aromatic carbocycles. The van der Waals surface area contributed by atoms with Gasteiger partial charge in [0.25, 0.3) is 0 Å². The predicted molar refractivity (Wildman–Crippen MR) is 57.1 cm³/mol. The van der Waals surface area contributed by atoms with E-state index in [0.717, 1.165) is 19.5 Å². The average Bonchev–Trinajstić information content (AvgIpc) is 2.64. The number of amides is 2. The van der Waals surface area contributed by atoms with E-state index in [9.17, 15) is 4.79 Å². The van der Waals surface area contributed by atoms with E-state index in [-0.39, 0.29) is 6.03 Å². The molecule has 1 aliphatic rings. The number of hydrogen-bond acceptors (Lipinski definition) is 2. The summed E-state index contributed by atoms with van der Waals surface area (Å²) in [7, 11) is 0. The van der Waals surface area contributed by atoms with Gasteiger partial charge in [-0.25, -0.2) is 4.79 Å². The van der Waals surface area contributed by atoms with Crippen LogP contribution in [0.25, 0.3) is 0 Å². The second-order valence-corrected chi connectivity index (χ2v) is 4.52. The van der Waals surface area contributed by atoms with E-state index in [1.54, 1.807) is 0 Å². The fourth-order valence-electron chi connectivity index (χ4n) is 1.28. The maximum atomic E-state index is 11.1. The number of urea groups is 1. The van der Waals surface area contributed by atoms with Gasteiger partial charge < -0.3 is 10.6 Å². The van der Waals surface area contributed by atoms with Gasteiger partial charge in [-0.2, -0.15) is 11.8 Å². The summed E-state index contributed by atoms with van der Waals surface area (Å²) in [5.74, 6) is 3.15. The van der Waals surface area contributed by atoms with Crippen molar-refractivity contribution in [1.29, 1.82) is 0 Å². The summed E-state index contributed by atoms with van der Waals surface area (Å²) in [6.07, 6.45) is 2.24. The third-order valence-corrected chi connectivity index (χ3v) is 3.34. The lowest BCUT2D eigenvalue weighted by atomic mass is 10.1. The van der Waals surface area contributed by atoms with Crippen LogP contribution in [0.3, 0.4) is 0 Å². The third kappa shape index (κ3) is 4.41. The normalized spacial score (nSPS) is 21.5. The van der Waals surface area contributed by atoms with Crippen LogP contribution in [-0.2, 0) is 0 Å². The van der Waals surface area contributed by atoms with Crippen LogP contribution in [0.2, 0.25) is 0 Å². The highest BCUT2D eigenvalue weighted by molar-refractivity contribution is 7.99. The van der Waals surface area contributed by atoms with E-state index in [1.807, 2.05) is 18.7 Å². The maximum Gasteiger partial charge on any atom is 0.314 e. The zero-order valence-electron chi connectivity index (χ0n) is 8.14. The highest BCUT2D eigenvalue weighted by Crippen LogP contribution is 2.22. The number of carbonyl (C=O) groups excluding carboxylic acids is 1. The van der Waals surface area contributed by atoms with Crippen LogP contribution in [0.5, 0.6) is 0 Å². The molecular formula is C9H18N2OS. The van der Waals surface area contributed by atoms with E-state index < -0.39 is 0 Å². The predicted octanol–water partition coefficient (Wildman–Crippen LogP) is 1.45. The molecule has 1 aliphatic heterocycles. The molecule has 76 valence electrons. The van der Waals surface area contributed by atoms with Crippen LogP contribution in [0.1, 0.15) is 19.8 Å². The molecule has 0 spiro atoms. The topological polar surface area (TPSA) is 41.1 Å². The quantitative estimate of drug-likeness (QED) is 0.724. The Balaban J connectivity index is 2.00. The number of hydrogen-bond donors (Lipinski definition) is 2. The van der Waals surface area contributed by atoms with E-state index >= 15 is 0 Å². The Bertz CT molecular complexity index is 158. The fraction of sp³-hybridized carbons (Fsp3) is 0.889. The van der Waals surface area contributed by atoms with E-state index in [4.69, 9.17) is 0 Å².